The van der Waals surface area contributed by atoms with E-state index < -0.39 is 97.7 Å². The van der Waals surface area contributed by atoms with Crippen LogP contribution in [-0.2, 0) is 115 Å². The van der Waals surface area contributed by atoms with Crippen LogP contribution < -0.4 is 32.4 Å². The molecule has 0 spiro atoms. The van der Waals surface area contributed by atoms with Gasteiger partial charge < -0.3 is 68.8 Å². The number of esters is 4. The number of tetrazole rings is 3. The largest absolute Gasteiger partial charge is 0.465 e. The molecular formula is C84H119Br2Cl3FN21O24Si. The SMILES string of the molecule is CC(C)(C)OC(=O)N1OCC[C@H]1C(=O)NCc1cc(Cl)ccc1-n1cnnn1.CCOC(=O)[C@@H]1CCON1.CCOC(=O)[C@@H]1CCON1C(=O)OC(C)(C)C.CCOC(=O)[C@H](CCBr)NO[Si](C)(C)C(C)(C)C.CCOC(=O)[C@H](O)CCBr.O=C(NCc1cc(Cl)ccc1-n1cnnn1)[C@@H]1CCON1.O=C(NCc1cc(Cl)ccc1-n1cnnn1)[C@@H]1CCON1C(=O)[C@H](O)c1ccc(F)cc1. The Morgan fingerprint density at radius 2 is 0.897 bits per heavy atom. The summed E-state index contributed by atoms with van der Waals surface area (Å²) in [5.41, 5.74) is 11.3. The lowest BCUT2D eigenvalue weighted by atomic mass is 10.1. The molecule has 0 saturated carbocycles. The molecule has 6 amide bonds. The van der Waals surface area contributed by atoms with Gasteiger partial charge in [0, 0.05) is 71.0 Å². The molecule has 7 aromatic rings. The fourth-order valence-electron chi connectivity index (χ4n) is 11.7. The van der Waals surface area contributed by atoms with Gasteiger partial charge in [-0.15, -0.1) is 15.3 Å². The predicted molar refractivity (Wildman–Crippen MR) is 495 cm³/mol. The number of carbonyl (C=O) groups is 10. The van der Waals surface area contributed by atoms with Gasteiger partial charge in [0.25, 0.3) is 5.91 Å². The van der Waals surface area contributed by atoms with E-state index in [0.717, 1.165) is 49.5 Å². The molecule has 8 atom stereocenters. The average Bonchev–Trinajstić information content (AvgIpc) is 1.46. The van der Waals surface area contributed by atoms with Crippen LogP contribution in [0.1, 0.15) is 163 Å². The van der Waals surface area contributed by atoms with Crippen molar-refractivity contribution in [2.24, 2.45) is 0 Å². The second-order valence-corrected chi connectivity index (χ2v) is 40.6. The van der Waals surface area contributed by atoms with Crippen LogP contribution in [0.4, 0.5) is 14.0 Å². The third-order valence-electron chi connectivity index (χ3n) is 19.5. The molecule has 3 aromatic heterocycles. The molecule has 52 heteroatoms. The van der Waals surface area contributed by atoms with Gasteiger partial charge in [-0.25, -0.2) is 48.2 Å². The van der Waals surface area contributed by atoms with E-state index in [1.54, 1.807) is 124 Å². The highest BCUT2D eigenvalue weighted by Gasteiger charge is 2.43. The standard InChI is InChI=1S/C20H18ClFN6O4.C17H21ClN6O4.C12H26BrNO3Si.C12H13ClN6O2.C11H19NO5.C6H11BrO3.C6H11NO3/c21-14-3-6-16(27-11-24-25-26-27)13(9-14)10-23-19(30)17-7-8-32-28(17)20(31)18(29)12-1-4-15(22)5-2-12;1-17(2,3)28-16(26)24-14(6-7-27-24)15(25)19-9-11-8-12(18)4-5-13(11)23-10-20-21-22-23;1-7-16-11(15)10(8-9-13)14-17-18(5,6)12(2,3)4;13-9-1-2-11(19-7-15-17-18-19)8(5-9)6-14-12(20)10-3-4-21-16-10;1-5-15-9(13)8-6-7-16-12(8)10(14)17-11(2,3)4;1-2-10-6(9)5(8)3-4-7;1-2-9-6(8)5-3-4-10-7-5/h1-6,9,11,17-18,29H,7-8,10H2,(H,23,30);4-5,8,10,14H,6-7,9H2,1-3H3,(H,19,25);10,14H,7-9H2,1-6H3;1-2,5,7,10,16H,3-4,6H2,(H,14,20);8H,5-7H2,1-4H3;5,8H,2-4H2,1H3;5,7H,2-4H2,1H3/t17-,18+;14-;2*10-;8-;2*5-/m0000010/s1. The van der Waals surface area contributed by atoms with Gasteiger partial charge in [-0.2, -0.15) is 21.1 Å². The molecule has 45 nitrogen and oxygen atoms in total. The summed E-state index contributed by atoms with van der Waals surface area (Å²) in [6.45, 7) is 32.1. The molecule has 12 rings (SSSR count). The Morgan fingerprint density at radius 1 is 0.507 bits per heavy atom. The van der Waals surface area contributed by atoms with Crippen molar-refractivity contribution in [2.45, 2.75) is 232 Å². The smallest absolute Gasteiger partial charge is 0.435 e. The van der Waals surface area contributed by atoms with E-state index >= 15 is 0 Å². The summed E-state index contributed by atoms with van der Waals surface area (Å²) >= 11 is 24.6. The van der Waals surface area contributed by atoms with Crippen molar-refractivity contribution >= 4 is 135 Å². The molecule has 0 bridgehead atoms. The number of benzene rings is 4. The van der Waals surface area contributed by atoms with Gasteiger partial charge in [0.2, 0.25) is 26.0 Å². The Bertz CT molecular complexity index is 4910. The van der Waals surface area contributed by atoms with Crippen molar-refractivity contribution in [3.8, 4) is 17.1 Å². The number of aliphatic hydroxyl groups is 2. The number of nitrogens with zero attached hydrogens (tertiary/aromatic N) is 15. The highest BCUT2D eigenvalue weighted by Crippen LogP contribution is 2.36. The van der Waals surface area contributed by atoms with Crippen LogP contribution >= 0.6 is 66.7 Å². The maximum atomic E-state index is 13.1. The molecule has 5 aliphatic rings. The highest BCUT2D eigenvalue weighted by atomic mass is 79.9. The Kier molecular flexibility index (Phi) is 48.3. The van der Waals surface area contributed by atoms with Crippen LogP contribution in [0.3, 0.4) is 0 Å². The number of amides is 6. The fourth-order valence-corrected chi connectivity index (χ4v) is 13.9. The zero-order chi connectivity index (χ0) is 100. The zero-order valence-corrected chi connectivity index (χ0v) is 84.5. The van der Waals surface area contributed by atoms with Crippen LogP contribution in [0.2, 0.25) is 33.2 Å². The van der Waals surface area contributed by atoms with Gasteiger partial charge in [0.05, 0.1) is 76.5 Å². The minimum atomic E-state index is -1.90. The second-order valence-electron chi connectivity index (χ2n) is 33.0. The van der Waals surface area contributed by atoms with Crippen molar-refractivity contribution < 1.29 is 120 Å². The lowest BCUT2D eigenvalue weighted by Gasteiger charge is -2.36. The first-order chi connectivity index (χ1) is 64.5. The Hall–Kier alpha value is -10.1. The third kappa shape index (κ3) is 38.0. The molecule has 0 radical (unpaired) electrons. The molecule has 0 aliphatic carbocycles. The third-order valence-corrected chi connectivity index (χ3v) is 25.3. The molecule has 136 heavy (non-hydrogen) atoms. The van der Waals surface area contributed by atoms with Crippen molar-refractivity contribution in [2.75, 3.05) is 70.1 Å². The molecule has 8 heterocycles. The van der Waals surface area contributed by atoms with Gasteiger partial charge in [-0.3, -0.25) is 43.3 Å². The number of alkyl halides is 2. The van der Waals surface area contributed by atoms with Crippen molar-refractivity contribution in [1.29, 1.82) is 0 Å². The minimum Gasteiger partial charge on any atom is -0.465 e. The van der Waals surface area contributed by atoms with Gasteiger partial charge in [0.1, 0.15) is 66.2 Å². The van der Waals surface area contributed by atoms with Crippen LogP contribution in [-0.4, -0.2) is 278 Å². The van der Waals surface area contributed by atoms with Crippen LogP contribution in [0.15, 0.2) is 97.8 Å². The summed E-state index contributed by atoms with van der Waals surface area (Å²) in [4.78, 5) is 144. The van der Waals surface area contributed by atoms with E-state index in [0.29, 0.717) is 122 Å². The van der Waals surface area contributed by atoms with E-state index in [-0.39, 0.29) is 85.8 Å². The second kappa shape index (κ2) is 57.3. The van der Waals surface area contributed by atoms with E-state index in [2.05, 4.69) is 149 Å². The maximum Gasteiger partial charge on any atom is 0.435 e. The number of ether oxygens (including phenoxy) is 6. The predicted octanol–water partition coefficient (Wildman–Crippen LogP) is 8.69. The number of aliphatic hydroxyl groups excluding tert-OH is 2. The van der Waals surface area contributed by atoms with Crippen LogP contribution in [0.5, 0.6) is 0 Å². The number of hydrogen-bond donors (Lipinski definition) is 8. The Morgan fingerprint density at radius 3 is 1.29 bits per heavy atom. The Balaban J connectivity index is 0.000000252. The first-order valence-corrected chi connectivity index (χ1v) is 49.5. The molecule has 0 unspecified atom stereocenters. The normalized spacial score (nSPS) is 17.3. The van der Waals surface area contributed by atoms with Crippen molar-refractivity contribution in [1.82, 2.24) is 108 Å². The quantitative estimate of drug-likeness (QED) is 0.00714. The summed E-state index contributed by atoms with van der Waals surface area (Å²) in [6, 6.07) is 17.0. The monoisotopic (exact) mass is 2120 g/mol. The molecule has 5 saturated heterocycles. The van der Waals surface area contributed by atoms with E-state index in [1.165, 1.54) is 45.2 Å². The van der Waals surface area contributed by atoms with Crippen molar-refractivity contribution in [3.63, 3.8) is 0 Å². The lowest BCUT2D eigenvalue weighted by Crippen LogP contribution is -2.50. The summed E-state index contributed by atoms with van der Waals surface area (Å²) in [7, 11) is -1.90. The van der Waals surface area contributed by atoms with Gasteiger partial charge >= 0.3 is 36.1 Å². The van der Waals surface area contributed by atoms with Gasteiger partial charge in [-0.05, 0) is 227 Å². The first-order valence-electron chi connectivity index (χ1n) is 43.2. The van der Waals surface area contributed by atoms with E-state index in [4.69, 9.17) is 92.3 Å². The Labute approximate surface area is 818 Å². The lowest BCUT2D eigenvalue weighted by molar-refractivity contribution is -0.187. The highest BCUT2D eigenvalue weighted by molar-refractivity contribution is 9.09. The van der Waals surface area contributed by atoms with Gasteiger partial charge in [0.15, 0.2) is 18.2 Å². The van der Waals surface area contributed by atoms with Crippen LogP contribution in [0.25, 0.3) is 17.1 Å². The fraction of sp³-hybridized carbons (Fsp3) is 0.560. The summed E-state index contributed by atoms with van der Waals surface area (Å²) in [6.07, 6.45) is 3.90. The molecule has 8 N–H and O–H groups in total. The average molecular weight is 2120 g/mol. The van der Waals surface area contributed by atoms with Crippen molar-refractivity contribution in [3.05, 3.63) is 141 Å². The number of rotatable bonds is 29. The number of carbonyl (C=O) groups excluding carboxylic acids is 10. The maximum absolute atomic E-state index is 13.1. The number of hydroxylamine groups is 9. The number of aromatic nitrogens is 12. The zero-order valence-electron chi connectivity index (χ0n) is 78.1. The molecule has 750 valence electrons. The molecule has 5 fully saturated rings. The van der Waals surface area contributed by atoms with Crippen LogP contribution in [0, 0.1) is 5.82 Å². The summed E-state index contributed by atoms with van der Waals surface area (Å²) < 4.78 is 53.0. The summed E-state index contributed by atoms with van der Waals surface area (Å²) in [5, 5.41) is 66.7. The molecular weight excluding hydrogens is 2000 g/mol. The molecule has 4 aromatic carbocycles. The summed E-state index contributed by atoms with van der Waals surface area (Å²) in [5.74, 6) is -3.73. The minimum absolute atomic E-state index is 0.0909. The topological polar surface area (TPSA) is 535 Å². The number of nitrogens with one attached hydrogen (secondary N) is 6. The van der Waals surface area contributed by atoms with E-state index in [9.17, 15) is 57.4 Å². The molecule has 5 aliphatic heterocycles. The van der Waals surface area contributed by atoms with E-state index in [1.807, 2.05) is 0 Å². The first kappa shape index (κ1) is 115. The van der Waals surface area contributed by atoms with Gasteiger partial charge in [-0.1, -0.05) is 99.6 Å². The number of halogens is 6. The number of hydrogen-bond acceptors (Lipinski definition) is 36.